The third kappa shape index (κ3) is 3.55. The molecule has 2 rings (SSSR count). The summed E-state index contributed by atoms with van der Waals surface area (Å²) in [5.74, 6) is 0. The van der Waals surface area contributed by atoms with Crippen LogP contribution in [0, 0.1) is 0 Å². The Hall–Kier alpha value is -1.38. The van der Waals surface area contributed by atoms with Crippen molar-refractivity contribution in [3.63, 3.8) is 0 Å². The molecule has 0 spiro atoms. The molecule has 0 radical (unpaired) electrons. The van der Waals surface area contributed by atoms with Crippen LogP contribution in [0.25, 0.3) is 0 Å². The molecule has 2 nitrogen and oxygen atoms in total. The molecular formula is C13H10Cl2N2. The molecule has 0 N–H and O–H groups in total. The Bertz CT molecular complexity index is 524. The molecule has 0 bridgehead atoms. The lowest BCUT2D eigenvalue weighted by Gasteiger charge is -1.97. The van der Waals surface area contributed by atoms with E-state index in [1.165, 1.54) is 0 Å². The molecule has 0 atom stereocenters. The second-order valence-electron chi connectivity index (χ2n) is 3.50. The van der Waals surface area contributed by atoms with E-state index in [2.05, 4.69) is 9.98 Å². The molecule has 0 fully saturated rings. The first-order valence-corrected chi connectivity index (χ1v) is 5.85. The van der Waals surface area contributed by atoms with Crippen LogP contribution in [0.5, 0.6) is 0 Å². The van der Waals surface area contributed by atoms with Gasteiger partial charge in [0, 0.05) is 18.6 Å². The van der Waals surface area contributed by atoms with Crippen molar-refractivity contribution in [2.24, 2.45) is 4.99 Å². The van der Waals surface area contributed by atoms with Gasteiger partial charge in [-0.15, -0.1) is 0 Å². The molecule has 0 aliphatic rings. The lowest BCUT2D eigenvalue weighted by atomic mass is 10.2. The van der Waals surface area contributed by atoms with Crippen LogP contribution in [0.1, 0.15) is 11.1 Å². The SMILES string of the molecule is Clc1ccc(C=NCc2cccnc2)cc1Cl. The van der Waals surface area contributed by atoms with Crippen LogP contribution in [-0.2, 0) is 6.54 Å². The predicted molar refractivity (Wildman–Crippen MR) is 72.0 cm³/mol. The Morgan fingerprint density at radius 2 is 2.06 bits per heavy atom. The number of pyridine rings is 1. The number of aliphatic imine (C=N–C) groups is 1. The van der Waals surface area contributed by atoms with Crippen LogP contribution in [0.4, 0.5) is 0 Å². The molecule has 2 aromatic rings. The topological polar surface area (TPSA) is 25.2 Å². The zero-order valence-corrected chi connectivity index (χ0v) is 10.5. The number of nitrogens with zero attached hydrogens (tertiary/aromatic N) is 2. The molecule has 0 saturated carbocycles. The quantitative estimate of drug-likeness (QED) is 0.770. The van der Waals surface area contributed by atoms with E-state index in [4.69, 9.17) is 23.2 Å². The molecule has 0 amide bonds. The number of benzene rings is 1. The summed E-state index contributed by atoms with van der Waals surface area (Å²) in [7, 11) is 0. The Balaban J connectivity index is 2.03. The third-order valence-electron chi connectivity index (χ3n) is 2.18. The van der Waals surface area contributed by atoms with E-state index in [1.807, 2.05) is 18.2 Å². The van der Waals surface area contributed by atoms with Crippen molar-refractivity contribution >= 4 is 29.4 Å². The second-order valence-corrected chi connectivity index (χ2v) is 4.32. The summed E-state index contributed by atoms with van der Waals surface area (Å²) in [5, 5.41) is 1.09. The van der Waals surface area contributed by atoms with Crippen molar-refractivity contribution < 1.29 is 0 Å². The van der Waals surface area contributed by atoms with E-state index < -0.39 is 0 Å². The first-order chi connectivity index (χ1) is 8.25. The highest BCUT2D eigenvalue weighted by Crippen LogP contribution is 2.21. The largest absolute Gasteiger partial charge is 0.288 e. The molecule has 0 saturated heterocycles. The Labute approximate surface area is 110 Å². The summed E-state index contributed by atoms with van der Waals surface area (Å²) in [6.45, 7) is 0.605. The smallest absolute Gasteiger partial charge is 0.0654 e. The number of hydrogen-bond donors (Lipinski definition) is 0. The monoisotopic (exact) mass is 264 g/mol. The van der Waals surface area contributed by atoms with Gasteiger partial charge in [0.15, 0.2) is 0 Å². The van der Waals surface area contributed by atoms with Gasteiger partial charge in [-0.3, -0.25) is 9.98 Å². The van der Waals surface area contributed by atoms with Crippen LogP contribution < -0.4 is 0 Å². The summed E-state index contributed by atoms with van der Waals surface area (Å²) in [6.07, 6.45) is 5.31. The minimum Gasteiger partial charge on any atom is -0.288 e. The number of hydrogen-bond acceptors (Lipinski definition) is 2. The van der Waals surface area contributed by atoms with Gasteiger partial charge >= 0.3 is 0 Å². The van der Waals surface area contributed by atoms with Crippen molar-refractivity contribution in [1.82, 2.24) is 4.98 Å². The highest BCUT2D eigenvalue weighted by Gasteiger charge is 1.96. The molecule has 0 aliphatic carbocycles. The fourth-order valence-corrected chi connectivity index (χ4v) is 1.65. The Morgan fingerprint density at radius 3 is 2.76 bits per heavy atom. The van der Waals surface area contributed by atoms with Crippen LogP contribution in [0.3, 0.4) is 0 Å². The van der Waals surface area contributed by atoms with Crippen LogP contribution in [-0.4, -0.2) is 11.2 Å². The number of rotatable bonds is 3. The van der Waals surface area contributed by atoms with Gasteiger partial charge < -0.3 is 0 Å². The van der Waals surface area contributed by atoms with Gasteiger partial charge in [0.1, 0.15) is 0 Å². The minimum atomic E-state index is 0.539. The average molecular weight is 265 g/mol. The highest BCUT2D eigenvalue weighted by atomic mass is 35.5. The average Bonchev–Trinajstić information content (AvgIpc) is 2.35. The molecule has 17 heavy (non-hydrogen) atoms. The van der Waals surface area contributed by atoms with E-state index in [0.29, 0.717) is 16.6 Å². The molecule has 4 heteroatoms. The lowest BCUT2D eigenvalue weighted by Crippen LogP contribution is -1.85. The summed E-state index contributed by atoms with van der Waals surface area (Å²) >= 11 is 11.7. The van der Waals surface area contributed by atoms with E-state index in [0.717, 1.165) is 11.1 Å². The Morgan fingerprint density at radius 1 is 1.18 bits per heavy atom. The van der Waals surface area contributed by atoms with Gasteiger partial charge in [-0.1, -0.05) is 35.3 Å². The molecular weight excluding hydrogens is 255 g/mol. The molecule has 0 aliphatic heterocycles. The fraction of sp³-hybridized carbons (Fsp3) is 0.0769. The van der Waals surface area contributed by atoms with E-state index >= 15 is 0 Å². The normalized spacial score (nSPS) is 10.9. The third-order valence-corrected chi connectivity index (χ3v) is 2.92. The molecule has 86 valence electrons. The molecule has 1 aromatic carbocycles. The van der Waals surface area contributed by atoms with Gasteiger partial charge in [0.2, 0.25) is 0 Å². The van der Waals surface area contributed by atoms with Crippen molar-refractivity contribution in [1.29, 1.82) is 0 Å². The van der Waals surface area contributed by atoms with Crippen molar-refractivity contribution in [3.05, 3.63) is 63.9 Å². The van der Waals surface area contributed by atoms with Crippen LogP contribution >= 0.6 is 23.2 Å². The van der Waals surface area contributed by atoms with Gasteiger partial charge in [0.25, 0.3) is 0 Å². The summed E-state index contributed by atoms with van der Waals surface area (Å²) in [4.78, 5) is 8.34. The first kappa shape index (κ1) is 12.1. The van der Waals surface area contributed by atoms with Crippen molar-refractivity contribution in [2.75, 3.05) is 0 Å². The van der Waals surface area contributed by atoms with Crippen molar-refractivity contribution in [3.8, 4) is 0 Å². The standard InChI is InChI=1S/C13H10Cl2N2/c14-12-4-3-10(6-13(12)15)7-17-9-11-2-1-5-16-8-11/h1-8H,9H2. The van der Waals surface area contributed by atoms with Crippen LogP contribution in [0.2, 0.25) is 10.0 Å². The maximum absolute atomic E-state index is 5.91. The van der Waals surface area contributed by atoms with Gasteiger partial charge in [-0.25, -0.2) is 0 Å². The minimum absolute atomic E-state index is 0.539. The number of aromatic nitrogens is 1. The van der Waals surface area contributed by atoms with Gasteiger partial charge in [-0.2, -0.15) is 0 Å². The zero-order valence-electron chi connectivity index (χ0n) is 8.98. The highest BCUT2D eigenvalue weighted by molar-refractivity contribution is 6.42. The maximum atomic E-state index is 5.91. The van der Waals surface area contributed by atoms with E-state index in [9.17, 15) is 0 Å². The van der Waals surface area contributed by atoms with Crippen LogP contribution in [0.15, 0.2) is 47.7 Å². The molecule has 1 heterocycles. The fourth-order valence-electron chi connectivity index (χ4n) is 1.34. The summed E-state index contributed by atoms with van der Waals surface area (Å²) in [6, 6.07) is 9.30. The Kier molecular flexibility index (Phi) is 4.13. The molecule has 1 aromatic heterocycles. The van der Waals surface area contributed by atoms with E-state index in [1.54, 1.807) is 30.7 Å². The zero-order chi connectivity index (χ0) is 12.1. The first-order valence-electron chi connectivity index (χ1n) is 5.09. The number of halogens is 2. The van der Waals surface area contributed by atoms with E-state index in [-0.39, 0.29) is 0 Å². The summed E-state index contributed by atoms with van der Waals surface area (Å²) < 4.78 is 0. The predicted octanol–water partition coefficient (Wildman–Crippen LogP) is 4.01. The molecule has 0 unspecified atom stereocenters. The van der Waals surface area contributed by atoms with Crippen molar-refractivity contribution in [2.45, 2.75) is 6.54 Å². The maximum Gasteiger partial charge on any atom is 0.0654 e. The second kappa shape index (κ2) is 5.80. The van der Waals surface area contributed by atoms with Gasteiger partial charge in [-0.05, 0) is 29.3 Å². The van der Waals surface area contributed by atoms with Gasteiger partial charge in [0.05, 0.1) is 16.6 Å². The summed E-state index contributed by atoms with van der Waals surface area (Å²) in [5.41, 5.74) is 2.01. The lowest BCUT2D eigenvalue weighted by molar-refractivity contribution is 1.05.